The minimum Gasteiger partial charge on any atom is -0.382 e. The first-order valence-electron chi connectivity index (χ1n) is 7.11. The molecule has 2 aromatic carbocycles. The summed E-state index contributed by atoms with van der Waals surface area (Å²) in [6.07, 6.45) is 2.86. The number of rotatable bonds is 2. The zero-order valence-corrected chi connectivity index (χ0v) is 11.6. The van der Waals surface area contributed by atoms with Crippen LogP contribution in [0.25, 0.3) is 10.8 Å². The van der Waals surface area contributed by atoms with Crippen LogP contribution >= 0.6 is 0 Å². The molecule has 1 heterocycles. The highest BCUT2D eigenvalue weighted by Crippen LogP contribution is 2.24. The summed E-state index contributed by atoms with van der Waals surface area (Å²) in [5.41, 5.74) is 1.21. The average molecular weight is 255 g/mol. The molecule has 1 N–H and O–H groups in total. The lowest BCUT2D eigenvalue weighted by molar-refractivity contribution is -0.0337. The van der Waals surface area contributed by atoms with Gasteiger partial charge in [-0.15, -0.1) is 0 Å². The molecule has 0 aromatic heterocycles. The molecule has 0 amide bonds. The Hall–Kier alpha value is -1.54. The molecule has 0 radical (unpaired) electrons. The molecule has 0 saturated carbocycles. The number of anilines is 1. The van der Waals surface area contributed by atoms with Crippen LogP contribution in [0.4, 0.5) is 5.69 Å². The quantitative estimate of drug-likeness (QED) is 0.868. The highest BCUT2D eigenvalue weighted by Gasteiger charge is 2.24. The Morgan fingerprint density at radius 3 is 2.37 bits per heavy atom. The van der Waals surface area contributed by atoms with Crippen LogP contribution in [0.1, 0.15) is 26.7 Å². The van der Waals surface area contributed by atoms with Gasteiger partial charge in [0.2, 0.25) is 0 Å². The maximum absolute atomic E-state index is 5.78. The molecule has 0 spiro atoms. The van der Waals surface area contributed by atoms with Gasteiger partial charge >= 0.3 is 0 Å². The van der Waals surface area contributed by atoms with E-state index in [-0.39, 0.29) is 0 Å². The second-order valence-corrected chi connectivity index (χ2v) is 5.63. The summed E-state index contributed by atoms with van der Waals surface area (Å²) in [6, 6.07) is 15.6. The van der Waals surface area contributed by atoms with Crippen LogP contribution in [0.15, 0.2) is 42.5 Å². The monoisotopic (exact) mass is 255 g/mol. The van der Waals surface area contributed by atoms with Crippen molar-refractivity contribution >= 4 is 16.5 Å². The van der Waals surface area contributed by atoms with Crippen molar-refractivity contribution in [3.8, 4) is 0 Å². The van der Waals surface area contributed by atoms with Gasteiger partial charge in [-0.2, -0.15) is 0 Å². The molecular weight excluding hydrogens is 234 g/mol. The molecule has 2 nitrogen and oxygen atoms in total. The maximum atomic E-state index is 5.78. The summed E-state index contributed by atoms with van der Waals surface area (Å²) in [7, 11) is 0. The number of hydrogen-bond donors (Lipinski definition) is 1. The van der Waals surface area contributed by atoms with Gasteiger partial charge in [0, 0.05) is 11.7 Å². The van der Waals surface area contributed by atoms with E-state index in [0.29, 0.717) is 18.2 Å². The molecule has 2 aromatic rings. The van der Waals surface area contributed by atoms with Crippen molar-refractivity contribution in [1.29, 1.82) is 0 Å². The Morgan fingerprint density at radius 2 is 1.63 bits per heavy atom. The molecule has 3 rings (SSSR count). The van der Waals surface area contributed by atoms with E-state index in [1.54, 1.807) is 0 Å². The first-order valence-corrected chi connectivity index (χ1v) is 7.11. The Morgan fingerprint density at radius 1 is 0.947 bits per heavy atom. The minimum atomic E-state index is 0.349. The summed E-state index contributed by atoms with van der Waals surface area (Å²) in [6.45, 7) is 4.31. The van der Waals surface area contributed by atoms with Gasteiger partial charge in [0.1, 0.15) is 0 Å². The fourth-order valence-electron chi connectivity index (χ4n) is 3.04. The van der Waals surface area contributed by atoms with E-state index >= 15 is 0 Å². The third kappa shape index (κ3) is 2.90. The van der Waals surface area contributed by atoms with Crippen LogP contribution < -0.4 is 5.32 Å². The number of nitrogens with one attached hydrogen (secondary N) is 1. The molecule has 1 fully saturated rings. The van der Waals surface area contributed by atoms with Crippen molar-refractivity contribution in [2.24, 2.45) is 0 Å². The van der Waals surface area contributed by atoms with E-state index in [4.69, 9.17) is 4.74 Å². The van der Waals surface area contributed by atoms with Gasteiger partial charge in [-0.25, -0.2) is 0 Å². The fourth-order valence-corrected chi connectivity index (χ4v) is 3.04. The molecule has 2 unspecified atom stereocenters. The topological polar surface area (TPSA) is 21.3 Å². The first kappa shape index (κ1) is 12.5. The minimum absolute atomic E-state index is 0.349. The van der Waals surface area contributed by atoms with E-state index in [1.807, 2.05) is 0 Å². The molecule has 2 heteroatoms. The second-order valence-electron chi connectivity index (χ2n) is 5.63. The molecule has 2 atom stereocenters. The van der Waals surface area contributed by atoms with Crippen molar-refractivity contribution in [3.05, 3.63) is 42.5 Å². The standard InChI is InChI=1S/C17H21NO/c1-12-9-17(10-13(2)19-12)18-16-8-7-14-5-3-4-6-15(14)11-16/h3-8,11-13,17-18H,9-10H2,1-2H3. The molecular formula is C17H21NO. The fraction of sp³-hybridized carbons (Fsp3) is 0.412. The van der Waals surface area contributed by atoms with Crippen molar-refractivity contribution in [1.82, 2.24) is 0 Å². The first-order chi connectivity index (χ1) is 9.20. The van der Waals surface area contributed by atoms with Crippen molar-refractivity contribution in [3.63, 3.8) is 0 Å². The highest BCUT2D eigenvalue weighted by atomic mass is 16.5. The van der Waals surface area contributed by atoms with E-state index < -0.39 is 0 Å². The van der Waals surface area contributed by atoms with E-state index in [1.165, 1.54) is 16.5 Å². The Kier molecular flexibility index (Phi) is 3.43. The van der Waals surface area contributed by atoms with Crippen LogP contribution in [0.3, 0.4) is 0 Å². The largest absolute Gasteiger partial charge is 0.382 e. The Balaban J connectivity index is 1.77. The van der Waals surface area contributed by atoms with Gasteiger partial charge in [-0.05, 0) is 49.6 Å². The molecule has 1 saturated heterocycles. The van der Waals surface area contributed by atoms with Crippen molar-refractivity contribution < 1.29 is 4.74 Å². The van der Waals surface area contributed by atoms with Crippen LogP contribution in [-0.2, 0) is 4.74 Å². The third-order valence-corrected chi connectivity index (χ3v) is 3.82. The van der Waals surface area contributed by atoms with Crippen LogP contribution in [0.5, 0.6) is 0 Å². The number of benzene rings is 2. The highest BCUT2D eigenvalue weighted by molar-refractivity contribution is 5.85. The van der Waals surface area contributed by atoms with Gasteiger partial charge in [0.15, 0.2) is 0 Å². The zero-order chi connectivity index (χ0) is 13.2. The van der Waals surface area contributed by atoms with Gasteiger partial charge in [-0.1, -0.05) is 30.3 Å². The van der Waals surface area contributed by atoms with Crippen molar-refractivity contribution in [2.75, 3.05) is 5.32 Å². The Labute approximate surface area is 114 Å². The van der Waals surface area contributed by atoms with Gasteiger partial charge < -0.3 is 10.1 Å². The molecule has 1 aliphatic heterocycles. The van der Waals surface area contributed by atoms with Crippen LogP contribution in [0, 0.1) is 0 Å². The van der Waals surface area contributed by atoms with Gasteiger partial charge in [0.05, 0.1) is 12.2 Å². The lowest BCUT2D eigenvalue weighted by atomic mass is 9.99. The van der Waals surface area contributed by atoms with Crippen LogP contribution in [0.2, 0.25) is 0 Å². The predicted molar refractivity (Wildman–Crippen MR) is 80.6 cm³/mol. The predicted octanol–water partition coefficient (Wildman–Crippen LogP) is 4.21. The van der Waals surface area contributed by atoms with E-state index in [0.717, 1.165) is 12.8 Å². The normalized spacial score (nSPS) is 27.4. The van der Waals surface area contributed by atoms with E-state index in [2.05, 4.69) is 61.6 Å². The summed E-state index contributed by atoms with van der Waals surface area (Å²) < 4.78 is 5.78. The zero-order valence-electron chi connectivity index (χ0n) is 11.6. The third-order valence-electron chi connectivity index (χ3n) is 3.82. The average Bonchev–Trinajstić information content (AvgIpc) is 2.37. The van der Waals surface area contributed by atoms with Gasteiger partial charge in [-0.3, -0.25) is 0 Å². The molecule has 19 heavy (non-hydrogen) atoms. The molecule has 0 bridgehead atoms. The smallest absolute Gasteiger partial charge is 0.0570 e. The molecule has 0 aliphatic carbocycles. The number of hydrogen-bond acceptors (Lipinski definition) is 2. The van der Waals surface area contributed by atoms with E-state index in [9.17, 15) is 0 Å². The number of fused-ring (bicyclic) bond motifs is 1. The lowest BCUT2D eigenvalue weighted by Crippen LogP contribution is -2.36. The van der Waals surface area contributed by atoms with Crippen molar-refractivity contribution in [2.45, 2.75) is 44.9 Å². The maximum Gasteiger partial charge on any atom is 0.0570 e. The lowest BCUT2D eigenvalue weighted by Gasteiger charge is -2.33. The second kappa shape index (κ2) is 5.22. The SMILES string of the molecule is CC1CC(Nc2ccc3ccccc3c2)CC(C)O1. The van der Waals surface area contributed by atoms with Crippen LogP contribution in [-0.4, -0.2) is 18.2 Å². The summed E-state index contributed by atoms with van der Waals surface area (Å²) in [5, 5.41) is 6.24. The Bertz CT molecular complexity index is 556. The van der Waals surface area contributed by atoms with Gasteiger partial charge in [0.25, 0.3) is 0 Å². The number of ether oxygens (including phenoxy) is 1. The molecule has 100 valence electrons. The molecule has 1 aliphatic rings. The summed E-state index contributed by atoms with van der Waals surface area (Å²) in [4.78, 5) is 0. The summed E-state index contributed by atoms with van der Waals surface area (Å²) in [5.74, 6) is 0. The summed E-state index contributed by atoms with van der Waals surface area (Å²) >= 11 is 0.